The van der Waals surface area contributed by atoms with E-state index in [-0.39, 0.29) is 11.1 Å². The lowest BCUT2D eigenvalue weighted by atomic mass is 10.2. The van der Waals surface area contributed by atoms with Gasteiger partial charge in [-0.15, -0.1) is 0 Å². The van der Waals surface area contributed by atoms with Gasteiger partial charge in [-0.3, -0.25) is 4.79 Å². The van der Waals surface area contributed by atoms with E-state index in [4.69, 9.17) is 17.3 Å². The summed E-state index contributed by atoms with van der Waals surface area (Å²) in [5.74, 6) is 0.627. The third-order valence-electron chi connectivity index (χ3n) is 2.54. The van der Waals surface area contributed by atoms with Gasteiger partial charge in [0.1, 0.15) is 11.0 Å². The van der Waals surface area contributed by atoms with Crippen LogP contribution in [0.1, 0.15) is 22.6 Å². The molecule has 0 spiro atoms. The molecule has 0 saturated heterocycles. The zero-order valence-corrected chi connectivity index (χ0v) is 10.9. The van der Waals surface area contributed by atoms with Gasteiger partial charge >= 0.3 is 0 Å². The molecule has 19 heavy (non-hydrogen) atoms. The van der Waals surface area contributed by atoms with Crippen molar-refractivity contribution in [3.8, 4) is 0 Å². The molecule has 0 aliphatic carbocycles. The predicted octanol–water partition coefficient (Wildman–Crippen LogP) is 1.40. The van der Waals surface area contributed by atoms with Gasteiger partial charge < -0.3 is 16.0 Å². The Bertz CT molecular complexity index is 555. The van der Waals surface area contributed by atoms with Crippen LogP contribution in [0.3, 0.4) is 0 Å². The minimum absolute atomic E-state index is 0.151. The van der Waals surface area contributed by atoms with Crippen molar-refractivity contribution < 1.29 is 4.79 Å². The highest BCUT2D eigenvalue weighted by molar-refractivity contribution is 6.32. The maximum atomic E-state index is 11.9. The molecule has 0 saturated carbocycles. The van der Waals surface area contributed by atoms with Gasteiger partial charge in [0.25, 0.3) is 5.91 Å². The van der Waals surface area contributed by atoms with Crippen molar-refractivity contribution in [2.24, 2.45) is 0 Å². The first-order chi connectivity index (χ1) is 9.16. The number of imidazole rings is 1. The molecule has 4 N–H and O–H groups in total. The number of aromatic amines is 1. The number of H-pyrrole nitrogens is 1. The average molecular weight is 280 g/mol. The molecule has 7 heteroatoms. The van der Waals surface area contributed by atoms with Crippen molar-refractivity contribution in [3.63, 3.8) is 0 Å². The van der Waals surface area contributed by atoms with E-state index in [2.05, 4.69) is 20.3 Å². The van der Waals surface area contributed by atoms with Crippen LogP contribution in [-0.2, 0) is 6.42 Å². The standard InChI is InChI=1S/C12H14ClN5O/c13-11-9(6-8(14)7-18-11)12(19)17-3-1-2-10-15-4-5-16-10/h4-7H,1-3,14H2,(H,15,16)(H,17,19). The van der Waals surface area contributed by atoms with Crippen LogP contribution in [-0.4, -0.2) is 27.4 Å². The molecule has 0 bridgehead atoms. The molecule has 0 aliphatic rings. The molecule has 2 heterocycles. The number of hydrogen-bond donors (Lipinski definition) is 3. The Morgan fingerprint density at radius 3 is 3.05 bits per heavy atom. The van der Waals surface area contributed by atoms with Gasteiger partial charge in [-0.05, 0) is 12.5 Å². The van der Waals surface area contributed by atoms with Crippen LogP contribution in [0.4, 0.5) is 5.69 Å². The molecule has 0 aromatic carbocycles. The van der Waals surface area contributed by atoms with E-state index in [0.717, 1.165) is 18.7 Å². The van der Waals surface area contributed by atoms with Gasteiger partial charge in [0.2, 0.25) is 0 Å². The Hall–Kier alpha value is -2.08. The molecule has 2 aromatic heterocycles. The molecule has 1 amide bonds. The summed E-state index contributed by atoms with van der Waals surface area (Å²) >= 11 is 5.84. The SMILES string of the molecule is Nc1cnc(Cl)c(C(=O)NCCCc2ncc[nH]2)c1. The van der Waals surface area contributed by atoms with Crippen LogP contribution in [0.2, 0.25) is 5.15 Å². The van der Waals surface area contributed by atoms with Crippen molar-refractivity contribution in [1.82, 2.24) is 20.3 Å². The van der Waals surface area contributed by atoms with Crippen molar-refractivity contribution in [1.29, 1.82) is 0 Å². The van der Waals surface area contributed by atoms with Crippen molar-refractivity contribution >= 4 is 23.2 Å². The predicted molar refractivity (Wildman–Crippen MR) is 72.9 cm³/mol. The maximum absolute atomic E-state index is 11.9. The molecular weight excluding hydrogens is 266 g/mol. The Kier molecular flexibility index (Phi) is 4.35. The normalized spacial score (nSPS) is 10.4. The quantitative estimate of drug-likeness (QED) is 0.569. The molecule has 6 nitrogen and oxygen atoms in total. The molecular formula is C12H14ClN5O. The summed E-state index contributed by atoms with van der Waals surface area (Å²) in [7, 11) is 0. The van der Waals surface area contributed by atoms with E-state index < -0.39 is 0 Å². The van der Waals surface area contributed by atoms with Crippen molar-refractivity contribution in [3.05, 3.63) is 41.2 Å². The Morgan fingerprint density at radius 2 is 2.32 bits per heavy atom. The zero-order chi connectivity index (χ0) is 13.7. The second kappa shape index (κ2) is 6.19. The van der Waals surface area contributed by atoms with Gasteiger partial charge in [0.05, 0.1) is 17.4 Å². The van der Waals surface area contributed by atoms with E-state index in [1.807, 2.05) is 0 Å². The van der Waals surface area contributed by atoms with Crippen molar-refractivity contribution in [2.75, 3.05) is 12.3 Å². The summed E-state index contributed by atoms with van der Waals surface area (Å²) in [5.41, 5.74) is 6.27. The lowest BCUT2D eigenvalue weighted by molar-refractivity contribution is 0.0953. The number of carbonyl (C=O) groups excluding carboxylic acids is 1. The minimum atomic E-state index is -0.274. The number of halogens is 1. The summed E-state index contributed by atoms with van der Waals surface area (Å²) < 4.78 is 0. The second-order valence-corrected chi connectivity index (χ2v) is 4.36. The van der Waals surface area contributed by atoms with Crippen LogP contribution < -0.4 is 11.1 Å². The van der Waals surface area contributed by atoms with Gasteiger partial charge in [-0.1, -0.05) is 11.6 Å². The van der Waals surface area contributed by atoms with Crippen molar-refractivity contribution in [2.45, 2.75) is 12.8 Å². The van der Waals surface area contributed by atoms with E-state index in [1.165, 1.54) is 12.3 Å². The van der Waals surface area contributed by atoms with Crippen LogP contribution in [0.5, 0.6) is 0 Å². The molecule has 0 atom stereocenters. The number of aryl methyl sites for hydroxylation is 1. The first kappa shape index (κ1) is 13.4. The fourth-order valence-corrected chi connectivity index (χ4v) is 1.80. The third kappa shape index (κ3) is 3.69. The molecule has 2 rings (SSSR count). The van der Waals surface area contributed by atoms with E-state index >= 15 is 0 Å². The number of anilines is 1. The number of aromatic nitrogens is 3. The van der Waals surface area contributed by atoms with Crippen LogP contribution in [0.25, 0.3) is 0 Å². The average Bonchev–Trinajstić information content (AvgIpc) is 2.90. The Balaban J connectivity index is 1.82. The van der Waals surface area contributed by atoms with Crippen LogP contribution >= 0.6 is 11.6 Å². The highest BCUT2D eigenvalue weighted by atomic mass is 35.5. The smallest absolute Gasteiger partial charge is 0.254 e. The second-order valence-electron chi connectivity index (χ2n) is 4.00. The van der Waals surface area contributed by atoms with E-state index in [1.54, 1.807) is 12.4 Å². The summed E-state index contributed by atoms with van der Waals surface area (Å²) in [6.45, 7) is 0.532. The van der Waals surface area contributed by atoms with Gasteiger partial charge in [0.15, 0.2) is 0 Å². The number of rotatable bonds is 5. The minimum Gasteiger partial charge on any atom is -0.397 e. The van der Waals surface area contributed by atoms with Crippen LogP contribution in [0, 0.1) is 0 Å². The number of nitrogens with one attached hydrogen (secondary N) is 2. The first-order valence-corrected chi connectivity index (χ1v) is 6.22. The highest BCUT2D eigenvalue weighted by Gasteiger charge is 2.11. The van der Waals surface area contributed by atoms with Gasteiger partial charge in [-0.2, -0.15) is 0 Å². The molecule has 0 aliphatic heterocycles. The lowest BCUT2D eigenvalue weighted by Gasteiger charge is -2.06. The Labute approximate surface area is 115 Å². The number of pyridine rings is 1. The number of amides is 1. The summed E-state index contributed by atoms with van der Waals surface area (Å²) in [6, 6.07) is 1.51. The number of nitrogens with zero attached hydrogens (tertiary/aromatic N) is 2. The number of hydrogen-bond acceptors (Lipinski definition) is 4. The molecule has 100 valence electrons. The largest absolute Gasteiger partial charge is 0.397 e. The summed E-state index contributed by atoms with van der Waals surface area (Å²) in [6.07, 6.45) is 6.44. The molecule has 0 fully saturated rings. The highest BCUT2D eigenvalue weighted by Crippen LogP contribution is 2.15. The first-order valence-electron chi connectivity index (χ1n) is 5.84. The maximum Gasteiger partial charge on any atom is 0.254 e. The molecule has 2 aromatic rings. The molecule has 0 unspecified atom stereocenters. The fraction of sp³-hybridized carbons (Fsp3) is 0.250. The monoisotopic (exact) mass is 279 g/mol. The lowest BCUT2D eigenvalue weighted by Crippen LogP contribution is -2.25. The topological polar surface area (TPSA) is 96.7 Å². The zero-order valence-electron chi connectivity index (χ0n) is 10.2. The van der Waals surface area contributed by atoms with Gasteiger partial charge in [-0.25, -0.2) is 9.97 Å². The van der Waals surface area contributed by atoms with E-state index in [9.17, 15) is 4.79 Å². The number of nitrogen functional groups attached to an aromatic ring is 1. The van der Waals surface area contributed by atoms with Crippen LogP contribution in [0.15, 0.2) is 24.7 Å². The Morgan fingerprint density at radius 1 is 1.47 bits per heavy atom. The number of carbonyl (C=O) groups is 1. The van der Waals surface area contributed by atoms with Gasteiger partial charge in [0, 0.05) is 25.4 Å². The third-order valence-corrected chi connectivity index (χ3v) is 2.84. The summed E-state index contributed by atoms with van der Waals surface area (Å²) in [5, 5.41) is 2.92. The number of nitrogens with two attached hydrogens (primary N) is 1. The van der Waals surface area contributed by atoms with E-state index in [0.29, 0.717) is 17.8 Å². The summed E-state index contributed by atoms with van der Waals surface area (Å²) in [4.78, 5) is 22.8. The fourth-order valence-electron chi connectivity index (χ4n) is 1.61. The molecule has 0 radical (unpaired) electrons.